The maximum Gasteiger partial charge on any atom is 0.260 e. The minimum atomic E-state index is -0.0338. The number of ether oxygens (including phenoxy) is 1. The van der Waals surface area contributed by atoms with Gasteiger partial charge < -0.3 is 19.2 Å². The molecule has 0 radical (unpaired) electrons. The number of benzene rings is 2. The third-order valence-corrected chi connectivity index (χ3v) is 5.19. The third kappa shape index (κ3) is 4.24. The summed E-state index contributed by atoms with van der Waals surface area (Å²) in [6.45, 7) is 3.85. The molecule has 6 nitrogen and oxygen atoms in total. The lowest BCUT2D eigenvalue weighted by Gasteiger charge is -2.34. The maximum absolute atomic E-state index is 12.4. The van der Waals surface area contributed by atoms with Gasteiger partial charge in [0, 0.05) is 43.8 Å². The van der Waals surface area contributed by atoms with E-state index in [-0.39, 0.29) is 18.3 Å². The molecular weight excluding hydrogens is 380 g/mol. The van der Waals surface area contributed by atoms with Gasteiger partial charge in [-0.3, -0.25) is 9.69 Å². The number of halogens is 1. The van der Waals surface area contributed by atoms with Crippen LogP contribution < -0.4 is 4.74 Å². The van der Waals surface area contributed by atoms with Crippen LogP contribution in [0.15, 0.2) is 53.1 Å². The fraction of sp³-hybridized carbons (Fsp3) is 0.286. The van der Waals surface area contributed by atoms with Crippen LogP contribution in [0.25, 0.3) is 11.0 Å². The average Bonchev–Trinajstić information content (AvgIpc) is 3.09. The molecule has 0 unspecified atom stereocenters. The Bertz CT molecular complexity index is 962. The Kier molecular flexibility index (Phi) is 5.41. The number of furan rings is 1. The van der Waals surface area contributed by atoms with Gasteiger partial charge in [-0.15, -0.1) is 0 Å². The molecule has 2 heterocycles. The number of fused-ring (bicyclic) bond motifs is 1. The van der Waals surface area contributed by atoms with E-state index in [2.05, 4.69) is 4.90 Å². The summed E-state index contributed by atoms with van der Waals surface area (Å²) in [6.07, 6.45) is 1.28. The van der Waals surface area contributed by atoms with Gasteiger partial charge in [0.15, 0.2) is 12.4 Å². The average molecular weight is 401 g/mol. The SMILES string of the molecule is O=C(COc1ccc2c(O)coc2c1)N1CCN(Cc2ccc(Cl)cc2)CC1. The van der Waals surface area contributed by atoms with Crippen LogP contribution in [0.2, 0.25) is 5.02 Å². The molecule has 2 aromatic carbocycles. The molecule has 0 bridgehead atoms. The molecule has 1 aromatic heterocycles. The first-order valence-electron chi connectivity index (χ1n) is 9.16. The highest BCUT2D eigenvalue weighted by molar-refractivity contribution is 6.30. The molecule has 0 spiro atoms. The second-order valence-electron chi connectivity index (χ2n) is 6.85. The molecule has 1 N–H and O–H groups in total. The number of carbonyl (C=O) groups excluding carboxylic acids is 1. The summed E-state index contributed by atoms with van der Waals surface area (Å²) >= 11 is 5.93. The van der Waals surface area contributed by atoms with Crippen LogP contribution in [0.4, 0.5) is 0 Å². The molecule has 146 valence electrons. The Morgan fingerprint density at radius 2 is 1.86 bits per heavy atom. The van der Waals surface area contributed by atoms with Crippen molar-refractivity contribution in [3.05, 3.63) is 59.3 Å². The zero-order valence-electron chi connectivity index (χ0n) is 15.3. The van der Waals surface area contributed by atoms with Crippen LogP contribution >= 0.6 is 11.6 Å². The zero-order chi connectivity index (χ0) is 19.5. The number of hydrogen-bond acceptors (Lipinski definition) is 5. The van der Waals surface area contributed by atoms with E-state index < -0.39 is 0 Å². The first-order chi connectivity index (χ1) is 13.6. The summed E-state index contributed by atoms with van der Waals surface area (Å²) in [6, 6.07) is 13.0. The Morgan fingerprint density at radius 1 is 1.11 bits per heavy atom. The summed E-state index contributed by atoms with van der Waals surface area (Å²) in [4.78, 5) is 16.6. The van der Waals surface area contributed by atoms with E-state index in [1.165, 1.54) is 11.8 Å². The van der Waals surface area contributed by atoms with Gasteiger partial charge in [-0.25, -0.2) is 0 Å². The molecular formula is C21H21ClN2O4. The molecule has 7 heteroatoms. The Hall–Kier alpha value is -2.70. The predicted octanol–water partition coefficient (Wildman–Crippen LogP) is 3.52. The van der Waals surface area contributed by atoms with Gasteiger partial charge in [0.1, 0.15) is 17.6 Å². The number of amides is 1. The fourth-order valence-corrected chi connectivity index (χ4v) is 3.45. The maximum atomic E-state index is 12.4. The summed E-state index contributed by atoms with van der Waals surface area (Å²) in [5.41, 5.74) is 1.74. The Morgan fingerprint density at radius 3 is 2.61 bits per heavy atom. The predicted molar refractivity (Wildman–Crippen MR) is 107 cm³/mol. The number of aromatic hydroxyl groups is 1. The van der Waals surface area contributed by atoms with E-state index in [1.54, 1.807) is 18.2 Å². The number of nitrogens with zero attached hydrogens (tertiary/aromatic N) is 2. The first kappa shape index (κ1) is 18.7. The highest BCUT2D eigenvalue weighted by atomic mass is 35.5. The van der Waals surface area contributed by atoms with Crippen LogP contribution in [0.3, 0.4) is 0 Å². The van der Waals surface area contributed by atoms with Crippen LogP contribution in [0, 0.1) is 0 Å². The second kappa shape index (κ2) is 8.12. The molecule has 0 saturated carbocycles. The lowest BCUT2D eigenvalue weighted by Crippen LogP contribution is -2.49. The van der Waals surface area contributed by atoms with Crippen molar-refractivity contribution >= 4 is 28.5 Å². The van der Waals surface area contributed by atoms with Crippen molar-refractivity contribution in [2.45, 2.75) is 6.54 Å². The van der Waals surface area contributed by atoms with Crippen LogP contribution in [-0.4, -0.2) is 53.6 Å². The molecule has 1 amide bonds. The number of rotatable bonds is 5. The smallest absolute Gasteiger partial charge is 0.260 e. The highest BCUT2D eigenvalue weighted by Crippen LogP contribution is 2.29. The van der Waals surface area contributed by atoms with Crippen molar-refractivity contribution in [3.8, 4) is 11.5 Å². The first-order valence-corrected chi connectivity index (χ1v) is 9.54. The summed E-state index contributed by atoms with van der Waals surface area (Å²) in [5.74, 6) is 0.596. The van der Waals surface area contributed by atoms with Crippen LogP contribution in [-0.2, 0) is 11.3 Å². The summed E-state index contributed by atoms with van der Waals surface area (Å²) in [7, 11) is 0. The third-order valence-electron chi connectivity index (χ3n) is 4.93. The Labute approximate surface area is 167 Å². The van der Waals surface area contributed by atoms with E-state index in [9.17, 15) is 9.90 Å². The van der Waals surface area contributed by atoms with Gasteiger partial charge in [0.05, 0.1) is 5.39 Å². The van der Waals surface area contributed by atoms with E-state index in [1.807, 2.05) is 29.2 Å². The van der Waals surface area contributed by atoms with Crippen molar-refractivity contribution in [2.75, 3.05) is 32.8 Å². The Balaban J connectivity index is 1.25. The van der Waals surface area contributed by atoms with Crippen LogP contribution in [0.1, 0.15) is 5.56 Å². The minimum absolute atomic E-state index is 0.0185. The van der Waals surface area contributed by atoms with Crippen molar-refractivity contribution in [2.24, 2.45) is 0 Å². The molecule has 1 aliphatic heterocycles. The fourth-order valence-electron chi connectivity index (χ4n) is 3.32. The minimum Gasteiger partial charge on any atom is -0.504 e. The van der Waals surface area contributed by atoms with Crippen molar-refractivity contribution in [3.63, 3.8) is 0 Å². The number of carbonyl (C=O) groups is 1. The summed E-state index contributed by atoms with van der Waals surface area (Å²) < 4.78 is 10.9. The van der Waals surface area contributed by atoms with Crippen molar-refractivity contribution in [1.29, 1.82) is 0 Å². The molecule has 1 fully saturated rings. The number of hydrogen-bond donors (Lipinski definition) is 1. The molecule has 4 rings (SSSR count). The van der Waals surface area contributed by atoms with Gasteiger partial charge in [-0.05, 0) is 29.8 Å². The molecule has 1 saturated heterocycles. The molecule has 28 heavy (non-hydrogen) atoms. The topological polar surface area (TPSA) is 66.2 Å². The van der Waals surface area contributed by atoms with E-state index >= 15 is 0 Å². The quantitative estimate of drug-likeness (QED) is 0.709. The normalized spacial score (nSPS) is 15.1. The zero-order valence-corrected chi connectivity index (χ0v) is 16.1. The van der Waals surface area contributed by atoms with Gasteiger partial charge in [0.2, 0.25) is 0 Å². The molecule has 0 atom stereocenters. The summed E-state index contributed by atoms with van der Waals surface area (Å²) in [5, 5.41) is 11.0. The van der Waals surface area contributed by atoms with Gasteiger partial charge in [-0.1, -0.05) is 23.7 Å². The monoisotopic (exact) mass is 400 g/mol. The van der Waals surface area contributed by atoms with Gasteiger partial charge in [0.25, 0.3) is 5.91 Å². The van der Waals surface area contributed by atoms with Crippen molar-refractivity contribution in [1.82, 2.24) is 9.80 Å². The van der Waals surface area contributed by atoms with E-state index in [4.69, 9.17) is 20.8 Å². The lowest BCUT2D eigenvalue weighted by atomic mass is 10.2. The largest absolute Gasteiger partial charge is 0.504 e. The molecule has 1 aliphatic rings. The van der Waals surface area contributed by atoms with Gasteiger partial charge >= 0.3 is 0 Å². The van der Waals surface area contributed by atoms with Crippen molar-refractivity contribution < 1.29 is 19.1 Å². The lowest BCUT2D eigenvalue weighted by molar-refractivity contribution is -0.135. The van der Waals surface area contributed by atoms with Gasteiger partial charge in [-0.2, -0.15) is 0 Å². The van der Waals surface area contributed by atoms with E-state index in [0.29, 0.717) is 29.8 Å². The second-order valence-corrected chi connectivity index (χ2v) is 7.29. The van der Waals surface area contributed by atoms with Crippen LogP contribution in [0.5, 0.6) is 11.5 Å². The molecule has 0 aliphatic carbocycles. The highest BCUT2D eigenvalue weighted by Gasteiger charge is 2.21. The number of piperazine rings is 1. The standard InChI is InChI=1S/C21H21ClN2O4/c22-16-3-1-15(2-4-16)12-23-7-9-24(10-8-23)21(26)14-27-17-5-6-18-19(25)13-28-20(18)11-17/h1-6,11,13,25H,7-10,12,14H2. The van der Waals surface area contributed by atoms with E-state index in [0.717, 1.165) is 24.7 Å². The molecule has 3 aromatic rings.